The second kappa shape index (κ2) is 6.80. The fraction of sp³-hybridized carbons (Fsp3) is 0.933. The number of rotatable bonds is 7. The summed E-state index contributed by atoms with van der Waals surface area (Å²) in [6.07, 6.45) is -0.335. The summed E-state index contributed by atoms with van der Waals surface area (Å²) in [6.45, 7) is 5.63. The molecule has 7 nitrogen and oxygen atoms in total. The van der Waals surface area contributed by atoms with Gasteiger partial charge in [-0.05, 0) is 31.6 Å². The average molecular weight is 319 g/mol. The summed E-state index contributed by atoms with van der Waals surface area (Å²) < 4.78 is 17.4. The van der Waals surface area contributed by atoms with Gasteiger partial charge >= 0.3 is 5.97 Å². The first-order chi connectivity index (χ1) is 10.2. The van der Waals surface area contributed by atoms with Crippen LogP contribution in [0.2, 0.25) is 0 Å². The van der Waals surface area contributed by atoms with E-state index >= 15 is 0 Å². The van der Waals surface area contributed by atoms with Crippen molar-refractivity contribution >= 4 is 5.97 Å². The first kappa shape index (κ1) is 17.6. The minimum atomic E-state index is -1.29. The van der Waals surface area contributed by atoms with Gasteiger partial charge in [0.1, 0.15) is 18.8 Å². The molecule has 0 aromatic carbocycles. The lowest BCUT2D eigenvalue weighted by molar-refractivity contribution is -0.309. The van der Waals surface area contributed by atoms with Crippen molar-refractivity contribution in [2.24, 2.45) is 11.8 Å². The summed E-state index contributed by atoms with van der Waals surface area (Å²) in [7, 11) is 0. The highest BCUT2D eigenvalue weighted by Crippen LogP contribution is 2.49. The molecule has 1 aliphatic carbocycles. The van der Waals surface area contributed by atoms with Crippen LogP contribution in [0.3, 0.4) is 0 Å². The Morgan fingerprint density at radius 3 is 2.45 bits per heavy atom. The van der Waals surface area contributed by atoms with E-state index < -0.39 is 17.9 Å². The molecule has 2 aliphatic heterocycles. The third-order valence-corrected chi connectivity index (χ3v) is 4.69. The first-order valence-electron chi connectivity index (χ1n) is 7.76. The smallest absolute Gasteiger partial charge is 0.329 e. The number of ether oxygens (including phenoxy) is 3. The van der Waals surface area contributed by atoms with Gasteiger partial charge in [0, 0.05) is 0 Å². The maximum Gasteiger partial charge on any atom is 0.329 e. The van der Waals surface area contributed by atoms with E-state index in [1.54, 1.807) is 0 Å². The Morgan fingerprint density at radius 1 is 1.36 bits per heavy atom. The molecule has 0 aromatic rings. The summed E-state index contributed by atoms with van der Waals surface area (Å²) in [5.41, 5.74) is -0.756. The zero-order valence-electron chi connectivity index (χ0n) is 13.3. The monoisotopic (exact) mass is 319 g/mol. The number of carboxylic acids is 1. The van der Waals surface area contributed by atoms with E-state index in [1.165, 1.54) is 0 Å². The van der Waals surface area contributed by atoms with Crippen LogP contribution in [0.15, 0.2) is 0 Å². The molecule has 1 saturated carbocycles. The van der Waals surface area contributed by atoms with Gasteiger partial charge in [-0.3, -0.25) is 0 Å². The molecule has 0 radical (unpaired) electrons. The number of fused-ring (bicyclic) bond motifs is 3. The quantitative estimate of drug-likeness (QED) is 0.509. The number of carboxylic acid groups (broad SMARTS) is 1. The molecule has 0 amide bonds. The Balaban J connectivity index is 2.12. The van der Waals surface area contributed by atoms with Crippen molar-refractivity contribution in [1.82, 2.24) is 0 Å². The molecule has 6 atom stereocenters. The Morgan fingerprint density at radius 2 is 1.95 bits per heavy atom. The van der Waals surface area contributed by atoms with Crippen LogP contribution in [-0.2, 0) is 19.0 Å². The van der Waals surface area contributed by atoms with Crippen LogP contribution in [0.25, 0.3) is 0 Å². The van der Waals surface area contributed by atoms with Crippen molar-refractivity contribution in [1.29, 1.82) is 0 Å². The van der Waals surface area contributed by atoms with Gasteiger partial charge < -0.3 is 29.5 Å². The predicted octanol–water partition coefficient (Wildman–Crippen LogP) is 0.108. The van der Waals surface area contributed by atoms with Gasteiger partial charge in [0.25, 0.3) is 6.29 Å². The van der Waals surface area contributed by atoms with Crippen molar-refractivity contribution in [2.45, 2.75) is 63.8 Å². The molecule has 22 heavy (non-hydrogen) atoms. The fourth-order valence-corrected chi connectivity index (χ4v) is 3.66. The summed E-state index contributed by atoms with van der Waals surface area (Å²) >= 11 is 0. The highest BCUT2D eigenvalue weighted by molar-refractivity contribution is 5.68. The van der Waals surface area contributed by atoms with Gasteiger partial charge in [0.05, 0.1) is 18.3 Å². The summed E-state index contributed by atoms with van der Waals surface area (Å²) in [5, 5.41) is 25.1. The zero-order valence-corrected chi connectivity index (χ0v) is 13.3. The van der Waals surface area contributed by atoms with E-state index in [9.17, 15) is 4.79 Å². The van der Waals surface area contributed by atoms with Crippen LogP contribution in [0.4, 0.5) is 0 Å². The number of hydrogen-bond acceptors (Lipinski definition) is 5. The molecule has 0 aromatic heterocycles. The van der Waals surface area contributed by atoms with Crippen molar-refractivity contribution < 1.29 is 34.3 Å². The van der Waals surface area contributed by atoms with E-state index in [2.05, 4.69) is 13.8 Å². The molecule has 2 bridgehead atoms. The van der Waals surface area contributed by atoms with Crippen LogP contribution in [0.1, 0.15) is 33.6 Å². The minimum Gasteiger partial charge on any atom is -0.480 e. The molecule has 3 fully saturated rings. The van der Waals surface area contributed by atoms with Gasteiger partial charge in [-0.25, -0.2) is 4.79 Å². The lowest BCUT2D eigenvalue weighted by Crippen LogP contribution is -2.67. The summed E-state index contributed by atoms with van der Waals surface area (Å²) in [6, 6.07) is 0. The number of carbonyl (C=O) groups is 1. The summed E-state index contributed by atoms with van der Waals surface area (Å²) in [5.74, 6) is -0.425. The highest BCUT2D eigenvalue weighted by Gasteiger charge is 2.58. The number of aliphatic hydroxyl groups excluding tert-OH is 1. The Hall–Kier alpha value is -0.730. The summed E-state index contributed by atoms with van der Waals surface area (Å²) in [4.78, 5) is 10.8. The third-order valence-electron chi connectivity index (χ3n) is 4.69. The van der Waals surface area contributed by atoms with Gasteiger partial charge in [-0.15, -0.1) is 0 Å². The zero-order chi connectivity index (χ0) is 16.5. The molecule has 2 heterocycles. The lowest BCUT2D eigenvalue weighted by Gasteiger charge is -2.57. The van der Waals surface area contributed by atoms with Crippen molar-refractivity contribution in [3.8, 4) is 0 Å². The van der Waals surface area contributed by atoms with Crippen LogP contribution >= 0.6 is 0 Å². The molecular formula is C15H27O7+. The normalized spacial score (nSPS) is 39.2. The van der Waals surface area contributed by atoms with Crippen molar-refractivity contribution in [3.63, 3.8) is 0 Å². The molecule has 0 spiro atoms. The maximum atomic E-state index is 10.8. The Bertz CT molecular complexity index is 397. The standard InChI is InChI=1S/C15H26O7/c1-8(2)14-9-4-10(20-6-12(16)17)15(3,22-14)11(5-9)21-7-13(18)19/h8-12,14,16-17H,4-7H2,1-3H3,(H,18,19)/p+1. The van der Waals surface area contributed by atoms with Crippen LogP contribution in [0, 0.1) is 11.8 Å². The van der Waals surface area contributed by atoms with E-state index in [4.69, 9.17) is 29.5 Å². The van der Waals surface area contributed by atoms with Crippen molar-refractivity contribution in [2.75, 3.05) is 13.2 Å². The van der Waals surface area contributed by atoms with E-state index in [0.29, 0.717) is 5.92 Å². The van der Waals surface area contributed by atoms with Gasteiger partial charge in [0.15, 0.2) is 0 Å². The Labute approximate surface area is 130 Å². The predicted molar refractivity (Wildman–Crippen MR) is 77.6 cm³/mol. The fourth-order valence-electron chi connectivity index (χ4n) is 3.66. The molecular weight excluding hydrogens is 292 g/mol. The third kappa shape index (κ3) is 3.60. The maximum absolute atomic E-state index is 10.8. The van der Waals surface area contributed by atoms with E-state index in [-0.39, 0.29) is 37.4 Å². The minimum absolute atomic E-state index is 0.0890. The van der Waals surface area contributed by atoms with Gasteiger partial charge in [0.2, 0.25) is 0 Å². The van der Waals surface area contributed by atoms with Crippen LogP contribution in [0.5, 0.6) is 0 Å². The molecule has 3 rings (SSSR count). The Kier molecular flexibility index (Phi) is 5.45. The second-order valence-corrected chi connectivity index (χ2v) is 6.77. The number of aliphatic carboxylic acids is 1. The van der Waals surface area contributed by atoms with Crippen molar-refractivity contribution in [3.05, 3.63) is 0 Å². The second-order valence-electron chi connectivity index (χ2n) is 6.77. The molecule has 128 valence electrons. The largest absolute Gasteiger partial charge is 0.480 e. The molecule has 4 N–H and O–H groups in total. The topological polar surface area (TPSA) is 108 Å². The SMILES string of the molecule is CC(C)C1OC2(C)C(OCC(=O)O)CC1CC2OCC(O)[OH2+]. The molecule has 7 heteroatoms. The van der Waals surface area contributed by atoms with Gasteiger partial charge in [-0.2, -0.15) is 0 Å². The van der Waals surface area contributed by atoms with Crippen LogP contribution in [-0.4, -0.2) is 64.7 Å². The number of hydrogen-bond donors (Lipinski definition) is 2. The molecule has 3 aliphatic rings. The molecule has 6 unspecified atom stereocenters. The number of aliphatic hydroxyl groups is 1. The first-order valence-corrected chi connectivity index (χ1v) is 7.76. The highest BCUT2D eigenvalue weighted by atomic mass is 16.6. The average Bonchev–Trinajstić information content (AvgIpc) is 2.42. The van der Waals surface area contributed by atoms with Gasteiger partial charge in [-0.1, -0.05) is 13.8 Å². The van der Waals surface area contributed by atoms with E-state index in [1.807, 2.05) is 6.92 Å². The molecule has 2 saturated heterocycles. The van der Waals surface area contributed by atoms with E-state index in [0.717, 1.165) is 12.8 Å². The van der Waals surface area contributed by atoms with Crippen LogP contribution < -0.4 is 0 Å². The lowest BCUT2D eigenvalue weighted by atomic mass is 9.67.